The van der Waals surface area contributed by atoms with Gasteiger partial charge in [-0.25, -0.2) is 0 Å². The van der Waals surface area contributed by atoms with Crippen molar-refractivity contribution < 1.29 is 19.0 Å². The SMILES string of the molecule is CCCCCOc1ccc(C(=O)NC[C@H](c2ccc(OC)cc2)N2CCOCC2)cc1. The molecule has 1 amide bonds. The number of morpholine rings is 1. The number of ether oxygens (including phenoxy) is 3. The molecule has 31 heavy (non-hydrogen) atoms. The number of carbonyl (C=O) groups is 1. The molecule has 0 radical (unpaired) electrons. The highest BCUT2D eigenvalue weighted by Crippen LogP contribution is 2.24. The van der Waals surface area contributed by atoms with Gasteiger partial charge >= 0.3 is 0 Å². The number of methoxy groups -OCH3 is 1. The first-order valence-electron chi connectivity index (χ1n) is 11.2. The Kier molecular flexibility index (Phi) is 9.18. The van der Waals surface area contributed by atoms with Crippen LogP contribution in [0.5, 0.6) is 11.5 Å². The molecule has 0 bridgehead atoms. The van der Waals surface area contributed by atoms with Crippen LogP contribution in [0, 0.1) is 0 Å². The van der Waals surface area contributed by atoms with Crippen molar-refractivity contribution in [2.75, 3.05) is 46.6 Å². The predicted octanol–water partition coefficient (Wildman–Crippen LogP) is 4.07. The van der Waals surface area contributed by atoms with Crippen molar-refractivity contribution in [1.29, 1.82) is 0 Å². The van der Waals surface area contributed by atoms with Crippen LogP contribution in [0.1, 0.15) is 48.1 Å². The number of rotatable bonds is 11. The van der Waals surface area contributed by atoms with E-state index in [1.807, 2.05) is 36.4 Å². The van der Waals surface area contributed by atoms with Gasteiger partial charge in [0.25, 0.3) is 5.91 Å². The summed E-state index contributed by atoms with van der Waals surface area (Å²) in [5.41, 5.74) is 1.79. The molecule has 1 saturated heterocycles. The Bertz CT molecular complexity index is 786. The van der Waals surface area contributed by atoms with Crippen LogP contribution in [-0.4, -0.2) is 57.4 Å². The lowest BCUT2D eigenvalue weighted by Gasteiger charge is -2.35. The number of amides is 1. The fourth-order valence-electron chi connectivity index (χ4n) is 3.71. The monoisotopic (exact) mass is 426 g/mol. The van der Waals surface area contributed by atoms with Gasteiger partial charge in [0.05, 0.1) is 33.0 Å². The van der Waals surface area contributed by atoms with Crippen LogP contribution < -0.4 is 14.8 Å². The first kappa shape index (κ1) is 23.1. The van der Waals surface area contributed by atoms with Gasteiger partial charge in [0.2, 0.25) is 0 Å². The van der Waals surface area contributed by atoms with Crippen molar-refractivity contribution in [2.24, 2.45) is 0 Å². The Balaban J connectivity index is 1.60. The summed E-state index contributed by atoms with van der Waals surface area (Å²) in [6.45, 7) is 6.52. The van der Waals surface area contributed by atoms with E-state index in [9.17, 15) is 4.79 Å². The lowest BCUT2D eigenvalue weighted by molar-refractivity contribution is 0.0162. The summed E-state index contributed by atoms with van der Waals surface area (Å²) in [4.78, 5) is 15.1. The maximum Gasteiger partial charge on any atom is 0.251 e. The maximum atomic E-state index is 12.8. The minimum Gasteiger partial charge on any atom is -0.497 e. The number of nitrogens with zero attached hydrogens (tertiary/aromatic N) is 1. The van der Waals surface area contributed by atoms with Crippen LogP contribution >= 0.6 is 0 Å². The van der Waals surface area contributed by atoms with Crippen LogP contribution in [0.15, 0.2) is 48.5 Å². The molecule has 6 heteroatoms. The van der Waals surface area contributed by atoms with Crippen LogP contribution in [0.25, 0.3) is 0 Å². The molecule has 1 atom stereocenters. The zero-order valence-electron chi connectivity index (χ0n) is 18.6. The Morgan fingerprint density at radius 1 is 1.03 bits per heavy atom. The largest absolute Gasteiger partial charge is 0.497 e. The van der Waals surface area contributed by atoms with Gasteiger partial charge in [-0.15, -0.1) is 0 Å². The normalized spacial score (nSPS) is 15.3. The van der Waals surface area contributed by atoms with Crippen molar-refractivity contribution in [3.05, 3.63) is 59.7 Å². The third kappa shape index (κ3) is 6.97. The summed E-state index contributed by atoms with van der Waals surface area (Å²) in [5, 5.41) is 3.11. The van der Waals surface area contributed by atoms with Gasteiger partial charge < -0.3 is 19.5 Å². The average Bonchev–Trinajstić information content (AvgIpc) is 2.83. The summed E-state index contributed by atoms with van der Waals surface area (Å²) in [7, 11) is 1.66. The Morgan fingerprint density at radius 3 is 2.35 bits per heavy atom. The molecule has 2 aromatic carbocycles. The van der Waals surface area contributed by atoms with Gasteiger partial charge in [-0.3, -0.25) is 9.69 Å². The number of hydrogen-bond donors (Lipinski definition) is 1. The minimum atomic E-state index is -0.0793. The third-order valence-corrected chi connectivity index (χ3v) is 5.58. The molecule has 0 saturated carbocycles. The molecule has 1 aliphatic rings. The van der Waals surface area contributed by atoms with Gasteiger partial charge in [-0.05, 0) is 48.4 Å². The fraction of sp³-hybridized carbons (Fsp3) is 0.480. The second-order valence-corrected chi connectivity index (χ2v) is 7.73. The number of nitrogens with one attached hydrogen (secondary N) is 1. The van der Waals surface area contributed by atoms with Gasteiger partial charge in [0, 0.05) is 25.2 Å². The van der Waals surface area contributed by atoms with Crippen molar-refractivity contribution in [1.82, 2.24) is 10.2 Å². The van der Waals surface area contributed by atoms with E-state index < -0.39 is 0 Å². The van der Waals surface area contributed by atoms with Crippen LogP contribution in [0.3, 0.4) is 0 Å². The molecule has 0 spiro atoms. The van der Waals surface area contributed by atoms with Crippen LogP contribution in [0.2, 0.25) is 0 Å². The van der Waals surface area contributed by atoms with Gasteiger partial charge in [-0.1, -0.05) is 31.9 Å². The molecule has 3 rings (SSSR count). The molecule has 0 unspecified atom stereocenters. The van der Waals surface area contributed by atoms with Crippen molar-refractivity contribution in [3.63, 3.8) is 0 Å². The number of hydrogen-bond acceptors (Lipinski definition) is 5. The zero-order chi connectivity index (χ0) is 21.9. The number of benzene rings is 2. The van der Waals surface area contributed by atoms with E-state index in [1.54, 1.807) is 7.11 Å². The predicted molar refractivity (Wildman–Crippen MR) is 122 cm³/mol. The average molecular weight is 427 g/mol. The van der Waals surface area contributed by atoms with E-state index >= 15 is 0 Å². The van der Waals surface area contributed by atoms with E-state index in [4.69, 9.17) is 14.2 Å². The molecule has 1 fully saturated rings. The fourth-order valence-corrected chi connectivity index (χ4v) is 3.71. The van der Waals surface area contributed by atoms with E-state index in [-0.39, 0.29) is 11.9 Å². The Morgan fingerprint density at radius 2 is 1.71 bits per heavy atom. The number of unbranched alkanes of at least 4 members (excludes halogenated alkanes) is 2. The van der Waals surface area contributed by atoms with Gasteiger partial charge in [-0.2, -0.15) is 0 Å². The summed E-state index contributed by atoms with van der Waals surface area (Å²) >= 11 is 0. The lowest BCUT2D eigenvalue weighted by atomic mass is 10.0. The lowest BCUT2D eigenvalue weighted by Crippen LogP contribution is -2.43. The zero-order valence-corrected chi connectivity index (χ0v) is 18.6. The molecule has 0 aromatic heterocycles. The summed E-state index contributed by atoms with van der Waals surface area (Å²) in [5.74, 6) is 1.55. The maximum absolute atomic E-state index is 12.8. The second-order valence-electron chi connectivity index (χ2n) is 7.73. The molecular weight excluding hydrogens is 392 g/mol. The van der Waals surface area contributed by atoms with Crippen molar-refractivity contribution in [2.45, 2.75) is 32.2 Å². The first-order chi connectivity index (χ1) is 15.2. The highest BCUT2D eigenvalue weighted by molar-refractivity contribution is 5.94. The second kappa shape index (κ2) is 12.3. The molecular formula is C25H34N2O4. The molecule has 6 nitrogen and oxygen atoms in total. The molecule has 1 N–H and O–H groups in total. The summed E-state index contributed by atoms with van der Waals surface area (Å²) < 4.78 is 16.5. The van der Waals surface area contributed by atoms with E-state index in [0.717, 1.165) is 36.6 Å². The quantitative estimate of drug-likeness (QED) is 0.549. The number of carbonyl (C=O) groups excluding carboxylic acids is 1. The third-order valence-electron chi connectivity index (χ3n) is 5.58. The highest BCUT2D eigenvalue weighted by atomic mass is 16.5. The Labute approximate surface area is 185 Å². The Hall–Kier alpha value is -2.57. The smallest absolute Gasteiger partial charge is 0.251 e. The van der Waals surface area contributed by atoms with Crippen LogP contribution in [0.4, 0.5) is 0 Å². The topological polar surface area (TPSA) is 60.0 Å². The highest BCUT2D eigenvalue weighted by Gasteiger charge is 2.23. The molecule has 2 aromatic rings. The molecule has 0 aliphatic carbocycles. The molecule has 1 aliphatic heterocycles. The van der Waals surface area contributed by atoms with Gasteiger partial charge in [0.1, 0.15) is 11.5 Å². The minimum absolute atomic E-state index is 0.0793. The van der Waals surface area contributed by atoms with E-state index in [0.29, 0.717) is 31.9 Å². The standard InChI is InChI=1S/C25H34N2O4/c1-3-4-5-16-31-23-12-8-21(9-13-23)25(28)26-19-24(27-14-17-30-18-15-27)20-6-10-22(29-2)11-7-20/h6-13,24H,3-5,14-19H2,1-2H3,(H,26,28)/t24-/m1/s1. The summed E-state index contributed by atoms with van der Waals surface area (Å²) in [6, 6.07) is 15.5. The van der Waals surface area contributed by atoms with Gasteiger partial charge in [0.15, 0.2) is 0 Å². The molecule has 168 valence electrons. The first-order valence-corrected chi connectivity index (χ1v) is 11.2. The molecule has 1 heterocycles. The van der Waals surface area contributed by atoms with E-state index in [1.165, 1.54) is 12.8 Å². The van der Waals surface area contributed by atoms with E-state index in [2.05, 4.69) is 29.3 Å². The summed E-state index contributed by atoms with van der Waals surface area (Å²) in [6.07, 6.45) is 3.39. The van der Waals surface area contributed by atoms with Crippen LogP contribution in [-0.2, 0) is 4.74 Å². The van der Waals surface area contributed by atoms with Crippen molar-refractivity contribution in [3.8, 4) is 11.5 Å². The van der Waals surface area contributed by atoms with Crippen molar-refractivity contribution >= 4 is 5.91 Å².